The number of halogens is 1. The molecule has 1 rings (SSSR count). The van der Waals surface area contributed by atoms with E-state index in [4.69, 9.17) is 0 Å². The molecule has 0 saturated carbocycles. The Kier molecular flexibility index (Phi) is 15.1. The summed E-state index contributed by atoms with van der Waals surface area (Å²) in [5, 5.41) is 3.28. The first-order chi connectivity index (χ1) is 3.00. The monoisotopic (exact) mass is 251 g/mol. The fourth-order valence-corrected chi connectivity index (χ4v) is 0.802. The second-order valence-corrected chi connectivity index (χ2v) is 1.81. The van der Waals surface area contributed by atoms with E-state index >= 15 is 0 Å². The van der Waals surface area contributed by atoms with Crippen LogP contribution in [0.5, 0.6) is 0 Å². The van der Waals surface area contributed by atoms with E-state index in [2.05, 4.69) is 5.32 Å². The Morgan fingerprint density at radius 2 is 1.38 bits per heavy atom. The molecule has 3 heteroatoms. The van der Waals surface area contributed by atoms with Crippen molar-refractivity contribution in [2.45, 2.75) is 19.3 Å². The summed E-state index contributed by atoms with van der Waals surface area (Å²) in [6.07, 6.45) is 4.22. The summed E-state index contributed by atoms with van der Waals surface area (Å²) in [6, 6.07) is 0. The van der Waals surface area contributed by atoms with Crippen molar-refractivity contribution in [2.24, 2.45) is 0 Å². The molecule has 0 spiro atoms. The zero-order chi connectivity index (χ0) is 4.24. The molecule has 1 aliphatic heterocycles. The third-order valence-electron chi connectivity index (χ3n) is 1.21. The number of hydrogen-bond acceptors (Lipinski definition) is 1. The van der Waals surface area contributed by atoms with Gasteiger partial charge in [-0.2, -0.15) is 0 Å². The van der Waals surface area contributed by atoms with E-state index in [0.29, 0.717) is 0 Å². The predicted molar refractivity (Wildman–Crippen MR) is 26.7 cm³/mol. The molecule has 0 unspecified atom stereocenters. The van der Waals surface area contributed by atoms with Gasteiger partial charge in [-0.25, -0.2) is 0 Å². The first kappa shape index (κ1) is 13.0. The van der Waals surface area contributed by atoms with Gasteiger partial charge in [0, 0.05) is 0 Å². The summed E-state index contributed by atoms with van der Waals surface area (Å²) < 4.78 is 0. The Labute approximate surface area is 111 Å². The summed E-state index contributed by atoms with van der Waals surface area (Å²) in [5.74, 6) is 0. The maximum absolute atomic E-state index is 3.28. The minimum atomic E-state index is 0. The summed E-state index contributed by atoms with van der Waals surface area (Å²) in [6.45, 7) is 2.50. The maximum Gasteiger partial charge on any atom is 1.00 e. The van der Waals surface area contributed by atoms with E-state index in [0.717, 1.165) is 0 Å². The van der Waals surface area contributed by atoms with Crippen LogP contribution in [0.15, 0.2) is 0 Å². The molecule has 1 fully saturated rings. The van der Waals surface area contributed by atoms with E-state index in [-0.39, 0.29) is 75.4 Å². The topological polar surface area (TPSA) is 12.0 Å². The Hall–Kier alpha value is 2.33. The van der Waals surface area contributed by atoms with Gasteiger partial charge < -0.3 is 29.3 Å². The largest absolute Gasteiger partial charge is 1.00 e. The van der Waals surface area contributed by atoms with Gasteiger partial charge in [0.2, 0.25) is 0 Å². The average molecular weight is 251 g/mol. The molecule has 1 heterocycles. The molecule has 0 aromatic rings. The maximum atomic E-state index is 3.28. The van der Waals surface area contributed by atoms with Gasteiger partial charge in [0.05, 0.1) is 0 Å². The molecule has 1 nitrogen and oxygen atoms in total. The fraction of sp³-hybridized carbons (Fsp3) is 1.00. The van der Waals surface area contributed by atoms with Crippen molar-refractivity contribution in [2.75, 3.05) is 13.1 Å². The zero-order valence-corrected chi connectivity index (χ0v) is 10.7. The van der Waals surface area contributed by atoms with Crippen LogP contribution in [0.3, 0.4) is 0 Å². The van der Waals surface area contributed by atoms with Crippen LogP contribution in [0.4, 0.5) is 0 Å². The van der Waals surface area contributed by atoms with E-state index in [1.165, 1.54) is 32.4 Å². The molecule has 1 saturated heterocycles. The van der Waals surface area contributed by atoms with Gasteiger partial charge in [-0.15, -0.1) is 0 Å². The Morgan fingerprint density at radius 1 is 0.875 bits per heavy atom. The molecule has 0 aromatic heterocycles. The number of piperidine rings is 1. The van der Waals surface area contributed by atoms with Crippen LogP contribution in [-0.2, 0) is 0 Å². The molecule has 0 radical (unpaired) electrons. The molecule has 0 aromatic carbocycles. The molecule has 0 aliphatic carbocycles. The summed E-state index contributed by atoms with van der Waals surface area (Å²) >= 11 is 0. The molecular formula is C5H11IKN. The molecule has 44 valence electrons. The second-order valence-electron chi connectivity index (χ2n) is 1.81. The van der Waals surface area contributed by atoms with Crippen molar-refractivity contribution in [1.29, 1.82) is 0 Å². The Bertz CT molecular complexity index is 27.9. The molecule has 1 N–H and O–H groups in total. The van der Waals surface area contributed by atoms with E-state index < -0.39 is 0 Å². The Morgan fingerprint density at radius 3 is 1.50 bits per heavy atom. The SMILES string of the molecule is C1CCNCC1.[I-].[K+]. The molecule has 8 heavy (non-hydrogen) atoms. The minimum absolute atomic E-state index is 0. The number of nitrogens with one attached hydrogen (secondary N) is 1. The van der Waals surface area contributed by atoms with Crippen LogP contribution in [0, 0.1) is 0 Å². The van der Waals surface area contributed by atoms with Gasteiger partial charge in [0.1, 0.15) is 0 Å². The van der Waals surface area contributed by atoms with Crippen LogP contribution in [-0.4, -0.2) is 13.1 Å². The summed E-state index contributed by atoms with van der Waals surface area (Å²) in [5.41, 5.74) is 0. The number of hydrogen-bond donors (Lipinski definition) is 1. The van der Waals surface area contributed by atoms with Gasteiger partial charge in [0.25, 0.3) is 0 Å². The predicted octanol–water partition coefficient (Wildman–Crippen LogP) is -5.23. The Balaban J connectivity index is 0. The van der Waals surface area contributed by atoms with Crippen LogP contribution in [0.1, 0.15) is 19.3 Å². The third-order valence-corrected chi connectivity index (χ3v) is 1.21. The van der Waals surface area contributed by atoms with Crippen LogP contribution in [0.2, 0.25) is 0 Å². The smallest absolute Gasteiger partial charge is 1.00 e. The van der Waals surface area contributed by atoms with Gasteiger partial charge in [-0.3, -0.25) is 0 Å². The van der Waals surface area contributed by atoms with Gasteiger partial charge in [-0.05, 0) is 25.9 Å². The second kappa shape index (κ2) is 9.33. The molecular weight excluding hydrogens is 240 g/mol. The van der Waals surface area contributed by atoms with Crippen molar-refractivity contribution in [3.05, 3.63) is 0 Å². The van der Waals surface area contributed by atoms with E-state index in [1.54, 1.807) is 0 Å². The quantitative estimate of drug-likeness (QED) is 0.335. The zero-order valence-electron chi connectivity index (χ0n) is 5.41. The van der Waals surface area contributed by atoms with Crippen molar-refractivity contribution in [3.63, 3.8) is 0 Å². The minimum Gasteiger partial charge on any atom is -1.00 e. The van der Waals surface area contributed by atoms with Crippen LogP contribution in [0.25, 0.3) is 0 Å². The normalized spacial score (nSPS) is 18.0. The van der Waals surface area contributed by atoms with Crippen molar-refractivity contribution in [1.82, 2.24) is 5.32 Å². The van der Waals surface area contributed by atoms with Crippen molar-refractivity contribution >= 4 is 0 Å². The first-order valence-electron chi connectivity index (χ1n) is 2.71. The third kappa shape index (κ3) is 6.45. The van der Waals surface area contributed by atoms with Gasteiger partial charge >= 0.3 is 51.4 Å². The molecule has 0 amide bonds. The first-order valence-corrected chi connectivity index (χ1v) is 2.71. The standard InChI is InChI=1S/C5H11N.HI.K/c1-2-4-6-5-3-1;;/h6H,1-5H2;1H;/q;;+1/p-1. The summed E-state index contributed by atoms with van der Waals surface area (Å²) in [4.78, 5) is 0. The summed E-state index contributed by atoms with van der Waals surface area (Å²) in [7, 11) is 0. The number of rotatable bonds is 0. The fourth-order valence-electron chi connectivity index (χ4n) is 0.802. The average Bonchev–Trinajstić information content (AvgIpc) is 1.72. The van der Waals surface area contributed by atoms with E-state index in [9.17, 15) is 0 Å². The molecule has 0 bridgehead atoms. The van der Waals surface area contributed by atoms with Crippen LogP contribution < -0.4 is 80.7 Å². The van der Waals surface area contributed by atoms with Crippen LogP contribution >= 0.6 is 0 Å². The van der Waals surface area contributed by atoms with Crippen molar-refractivity contribution in [3.8, 4) is 0 Å². The van der Waals surface area contributed by atoms with E-state index in [1.807, 2.05) is 0 Å². The van der Waals surface area contributed by atoms with Gasteiger partial charge in [0.15, 0.2) is 0 Å². The molecule has 1 aliphatic rings. The molecule has 0 atom stereocenters. The van der Waals surface area contributed by atoms with Crippen molar-refractivity contribution < 1.29 is 75.4 Å². The van der Waals surface area contributed by atoms with Gasteiger partial charge in [-0.1, -0.05) is 6.42 Å².